The molecule has 1 aliphatic rings. The number of fused-ring (bicyclic) bond motifs is 5. The van der Waals surface area contributed by atoms with Gasteiger partial charge in [0.25, 0.3) is 0 Å². The van der Waals surface area contributed by atoms with Crippen LogP contribution in [0, 0.1) is 0 Å². The van der Waals surface area contributed by atoms with Crippen molar-refractivity contribution in [1.82, 2.24) is 4.57 Å². The predicted molar refractivity (Wildman–Crippen MR) is 264 cm³/mol. The predicted octanol–water partition coefficient (Wildman–Crippen LogP) is 16.0. The third kappa shape index (κ3) is 5.95. The molecule has 0 spiro atoms. The van der Waals surface area contributed by atoms with Crippen molar-refractivity contribution in [2.75, 3.05) is 4.90 Å². The van der Waals surface area contributed by atoms with E-state index in [2.05, 4.69) is 264 Å². The van der Waals surface area contributed by atoms with Gasteiger partial charge in [-0.15, -0.1) is 0 Å². The van der Waals surface area contributed by atoms with Crippen LogP contribution in [0.3, 0.4) is 0 Å². The van der Waals surface area contributed by atoms with Crippen molar-refractivity contribution in [3.05, 3.63) is 277 Å². The first-order valence-electron chi connectivity index (χ1n) is 21.8. The number of aromatic nitrogens is 1. The van der Waals surface area contributed by atoms with Crippen LogP contribution in [0.25, 0.3) is 60.9 Å². The lowest BCUT2D eigenvalue weighted by Crippen LogP contribution is -2.28. The molecule has 0 saturated carbocycles. The highest BCUT2D eigenvalue weighted by molar-refractivity contribution is 6.00. The van der Waals surface area contributed by atoms with Gasteiger partial charge in [-0.2, -0.15) is 0 Å². The summed E-state index contributed by atoms with van der Waals surface area (Å²) in [5.74, 6) is 0. The third-order valence-corrected chi connectivity index (χ3v) is 13.1. The molecule has 0 bridgehead atoms. The molecule has 0 unspecified atom stereocenters. The Labute approximate surface area is 368 Å². The van der Waals surface area contributed by atoms with E-state index in [0.29, 0.717) is 0 Å². The fourth-order valence-corrected chi connectivity index (χ4v) is 10.3. The van der Waals surface area contributed by atoms with Crippen molar-refractivity contribution in [2.45, 2.75) is 5.41 Å². The van der Waals surface area contributed by atoms with Crippen molar-refractivity contribution >= 4 is 38.7 Å². The number of para-hydroxylation sites is 1. The molecular weight excluding hydrogens is 761 g/mol. The van der Waals surface area contributed by atoms with Crippen LogP contribution in [-0.2, 0) is 5.41 Å². The molecule has 63 heavy (non-hydrogen) atoms. The Morgan fingerprint density at radius 2 is 0.905 bits per heavy atom. The second-order valence-corrected chi connectivity index (χ2v) is 16.5. The van der Waals surface area contributed by atoms with Crippen LogP contribution in [0.15, 0.2) is 255 Å². The van der Waals surface area contributed by atoms with Gasteiger partial charge in [-0.3, -0.25) is 0 Å². The summed E-state index contributed by atoms with van der Waals surface area (Å²) in [4.78, 5) is 2.45. The summed E-state index contributed by atoms with van der Waals surface area (Å²) in [6, 6.07) is 93.2. The lowest BCUT2D eigenvalue weighted by atomic mass is 9.67. The standard InChI is InChI=1S/C61H42N2/c1-4-18-46(19-5-1)60-41-47-20-11-15-29-58(47)63(60)51-37-33-44(34-38-51)43-31-35-50(36-32-43)62(59-30-16-21-45-17-10-12-26-53(45)59)52-39-40-55-54-27-13-14-28-56(54)61(57(55)42-52,48-22-6-2-7-23-48)49-24-8-3-9-25-49/h1-42H. The zero-order valence-electron chi connectivity index (χ0n) is 34.6. The quantitative estimate of drug-likeness (QED) is 0.149. The van der Waals surface area contributed by atoms with Crippen molar-refractivity contribution in [1.29, 1.82) is 0 Å². The SMILES string of the molecule is c1ccc(-c2cc3ccccc3n2-c2ccc(-c3ccc(N(c4ccc5c(c4)C(c4ccccc4)(c4ccccc4)c4ccccc4-5)c4cccc5ccccc45)cc3)cc2)cc1. The van der Waals surface area contributed by atoms with Crippen LogP contribution in [-0.4, -0.2) is 4.57 Å². The van der Waals surface area contributed by atoms with Gasteiger partial charge in [-0.25, -0.2) is 0 Å². The van der Waals surface area contributed by atoms with E-state index in [0.717, 1.165) is 22.7 Å². The summed E-state index contributed by atoms with van der Waals surface area (Å²) in [5, 5.41) is 3.64. The van der Waals surface area contributed by atoms with Gasteiger partial charge in [0.15, 0.2) is 0 Å². The molecule has 11 aromatic rings. The van der Waals surface area contributed by atoms with E-state index in [1.165, 1.54) is 77.4 Å². The van der Waals surface area contributed by atoms with Gasteiger partial charge < -0.3 is 9.47 Å². The first-order valence-corrected chi connectivity index (χ1v) is 21.8. The first-order chi connectivity index (χ1) is 31.3. The third-order valence-electron chi connectivity index (χ3n) is 13.1. The molecule has 1 aromatic heterocycles. The monoisotopic (exact) mass is 802 g/mol. The molecule has 12 rings (SSSR count). The van der Waals surface area contributed by atoms with Crippen LogP contribution in [0.1, 0.15) is 22.3 Å². The summed E-state index contributed by atoms with van der Waals surface area (Å²) in [6.07, 6.45) is 0. The average molecular weight is 803 g/mol. The highest BCUT2D eigenvalue weighted by Gasteiger charge is 2.46. The molecule has 0 aliphatic heterocycles. The molecular formula is C61H42N2. The molecule has 296 valence electrons. The summed E-state index contributed by atoms with van der Waals surface area (Å²) in [6.45, 7) is 0. The second kappa shape index (κ2) is 15.1. The Morgan fingerprint density at radius 1 is 0.349 bits per heavy atom. The van der Waals surface area contributed by atoms with E-state index in [1.807, 2.05) is 0 Å². The number of anilines is 3. The molecule has 0 amide bonds. The number of hydrogen-bond acceptors (Lipinski definition) is 1. The maximum atomic E-state index is 2.46. The second-order valence-electron chi connectivity index (χ2n) is 16.5. The topological polar surface area (TPSA) is 8.17 Å². The van der Waals surface area contributed by atoms with Crippen LogP contribution in [0.5, 0.6) is 0 Å². The van der Waals surface area contributed by atoms with Crippen LogP contribution < -0.4 is 4.90 Å². The highest BCUT2D eigenvalue weighted by Crippen LogP contribution is 2.57. The summed E-state index contributed by atoms with van der Waals surface area (Å²) < 4.78 is 2.37. The van der Waals surface area contributed by atoms with Gasteiger partial charge in [0.05, 0.1) is 22.3 Å². The molecule has 0 fully saturated rings. The maximum Gasteiger partial charge on any atom is 0.0714 e. The number of nitrogens with zero attached hydrogens (tertiary/aromatic N) is 2. The first kappa shape index (κ1) is 36.6. The Kier molecular flexibility index (Phi) is 8.76. The zero-order chi connectivity index (χ0) is 41.7. The van der Waals surface area contributed by atoms with E-state index in [-0.39, 0.29) is 0 Å². The molecule has 1 heterocycles. The lowest BCUT2D eigenvalue weighted by Gasteiger charge is -2.35. The Hall–Kier alpha value is -8.20. The Morgan fingerprint density at radius 3 is 1.63 bits per heavy atom. The largest absolute Gasteiger partial charge is 0.310 e. The Balaban J connectivity index is 0.990. The van der Waals surface area contributed by atoms with E-state index in [4.69, 9.17) is 0 Å². The fourth-order valence-electron chi connectivity index (χ4n) is 10.3. The van der Waals surface area contributed by atoms with Crippen molar-refractivity contribution in [3.8, 4) is 39.2 Å². The molecule has 10 aromatic carbocycles. The molecule has 0 radical (unpaired) electrons. The van der Waals surface area contributed by atoms with Gasteiger partial charge >= 0.3 is 0 Å². The van der Waals surface area contributed by atoms with E-state index < -0.39 is 5.41 Å². The zero-order valence-corrected chi connectivity index (χ0v) is 34.6. The molecule has 0 saturated heterocycles. The molecule has 2 heteroatoms. The molecule has 2 nitrogen and oxygen atoms in total. The van der Waals surface area contributed by atoms with Crippen LogP contribution in [0.2, 0.25) is 0 Å². The average Bonchev–Trinajstić information content (AvgIpc) is 3.90. The number of rotatable bonds is 8. The van der Waals surface area contributed by atoms with Crippen LogP contribution in [0.4, 0.5) is 17.1 Å². The van der Waals surface area contributed by atoms with Gasteiger partial charge in [0.2, 0.25) is 0 Å². The summed E-state index contributed by atoms with van der Waals surface area (Å²) in [5.41, 5.74) is 17.5. The Bertz CT molecular complexity index is 3380. The minimum atomic E-state index is -0.500. The van der Waals surface area contributed by atoms with E-state index in [1.54, 1.807) is 0 Å². The summed E-state index contributed by atoms with van der Waals surface area (Å²) >= 11 is 0. The summed E-state index contributed by atoms with van der Waals surface area (Å²) in [7, 11) is 0. The molecule has 0 atom stereocenters. The van der Waals surface area contributed by atoms with Gasteiger partial charge in [0, 0.05) is 27.8 Å². The van der Waals surface area contributed by atoms with Gasteiger partial charge in [-0.05, 0) is 110 Å². The molecule has 0 N–H and O–H groups in total. The van der Waals surface area contributed by atoms with E-state index >= 15 is 0 Å². The van der Waals surface area contributed by atoms with Gasteiger partial charge in [0.1, 0.15) is 0 Å². The fraction of sp³-hybridized carbons (Fsp3) is 0.0164. The smallest absolute Gasteiger partial charge is 0.0714 e. The molecule has 1 aliphatic carbocycles. The van der Waals surface area contributed by atoms with E-state index in [9.17, 15) is 0 Å². The van der Waals surface area contributed by atoms with Crippen LogP contribution >= 0.6 is 0 Å². The normalized spacial score (nSPS) is 12.6. The minimum absolute atomic E-state index is 0.500. The van der Waals surface area contributed by atoms with Crippen molar-refractivity contribution in [3.63, 3.8) is 0 Å². The number of hydrogen-bond donors (Lipinski definition) is 0. The maximum absolute atomic E-state index is 2.46. The lowest BCUT2D eigenvalue weighted by molar-refractivity contribution is 0.768. The van der Waals surface area contributed by atoms with Crippen molar-refractivity contribution in [2.24, 2.45) is 0 Å². The number of benzene rings is 10. The van der Waals surface area contributed by atoms with Gasteiger partial charge in [-0.1, -0.05) is 200 Å². The minimum Gasteiger partial charge on any atom is -0.310 e. The van der Waals surface area contributed by atoms with Crippen molar-refractivity contribution < 1.29 is 0 Å². The highest BCUT2D eigenvalue weighted by atomic mass is 15.1.